The van der Waals surface area contributed by atoms with E-state index in [-0.39, 0.29) is 0 Å². The highest BCUT2D eigenvalue weighted by Crippen LogP contribution is 2.34. The second-order valence-corrected chi connectivity index (χ2v) is 5.76. The predicted octanol–water partition coefficient (Wildman–Crippen LogP) is 5.15. The van der Waals surface area contributed by atoms with Crippen LogP contribution in [0.5, 0.6) is 11.5 Å². The molecule has 0 amide bonds. The van der Waals surface area contributed by atoms with Crippen LogP contribution in [0.25, 0.3) is 17.2 Å². The van der Waals surface area contributed by atoms with Crippen LogP contribution in [0.3, 0.4) is 0 Å². The zero-order valence-corrected chi connectivity index (χ0v) is 14.6. The van der Waals surface area contributed by atoms with Crippen LogP contribution < -0.4 is 9.47 Å². The monoisotopic (exact) mass is 344 g/mol. The highest BCUT2D eigenvalue weighted by atomic mass is 16.5. The molecule has 0 saturated carbocycles. The van der Waals surface area contributed by atoms with Gasteiger partial charge in [0.2, 0.25) is 0 Å². The molecule has 0 radical (unpaired) electrons. The van der Waals surface area contributed by atoms with Gasteiger partial charge in [0.15, 0.2) is 0 Å². The van der Waals surface area contributed by atoms with Crippen molar-refractivity contribution in [2.45, 2.75) is 6.61 Å². The number of rotatable bonds is 7. The van der Waals surface area contributed by atoms with Crippen LogP contribution in [0.15, 0.2) is 78.9 Å². The average Bonchev–Trinajstić information content (AvgIpc) is 2.71. The lowest BCUT2D eigenvalue weighted by Crippen LogP contribution is -1.97. The molecule has 0 saturated heterocycles. The smallest absolute Gasteiger partial charge is 0.142 e. The summed E-state index contributed by atoms with van der Waals surface area (Å²) in [6.45, 7) is 0.478. The van der Waals surface area contributed by atoms with E-state index in [9.17, 15) is 4.79 Å². The molecule has 0 aromatic heterocycles. The summed E-state index contributed by atoms with van der Waals surface area (Å²) in [5.74, 6) is 1.50. The van der Waals surface area contributed by atoms with E-state index < -0.39 is 0 Å². The molecule has 0 spiro atoms. The number of hydrogen-bond donors (Lipinski definition) is 0. The van der Waals surface area contributed by atoms with Gasteiger partial charge in [0.1, 0.15) is 24.4 Å². The number of ether oxygens (including phenoxy) is 2. The second-order valence-electron chi connectivity index (χ2n) is 5.76. The highest BCUT2D eigenvalue weighted by Gasteiger charge is 2.09. The van der Waals surface area contributed by atoms with Crippen molar-refractivity contribution in [2.24, 2.45) is 0 Å². The molecule has 0 aliphatic carbocycles. The first kappa shape index (κ1) is 17.5. The summed E-state index contributed by atoms with van der Waals surface area (Å²) in [7, 11) is 1.64. The van der Waals surface area contributed by atoms with E-state index in [2.05, 4.69) is 0 Å². The molecule has 0 atom stereocenters. The summed E-state index contributed by atoms with van der Waals surface area (Å²) in [5, 5.41) is 0. The molecule has 0 heterocycles. The van der Waals surface area contributed by atoms with E-state index in [0.717, 1.165) is 40.0 Å². The van der Waals surface area contributed by atoms with E-state index in [0.29, 0.717) is 6.61 Å². The third kappa shape index (κ3) is 4.39. The minimum atomic E-state index is 0.478. The van der Waals surface area contributed by atoms with Crippen molar-refractivity contribution in [3.05, 3.63) is 90.0 Å². The van der Waals surface area contributed by atoms with Crippen molar-refractivity contribution < 1.29 is 14.3 Å². The number of methoxy groups -OCH3 is 1. The predicted molar refractivity (Wildman–Crippen MR) is 104 cm³/mol. The summed E-state index contributed by atoms with van der Waals surface area (Å²) >= 11 is 0. The Kier molecular flexibility index (Phi) is 5.84. The van der Waals surface area contributed by atoms with Gasteiger partial charge in [0.05, 0.1) is 7.11 Å². The first-order valence-corrected chi connectivity index (χ1v) is 8.37. The number of carbonyl (C=O) groups excluding carboxylic acids is 1. The molecule has 0 bridgehead atoms. The van der Waals surface area contributed by atoms with Crippen LogP contribution in [0, 0.1) is 0 Å². The molecule has 130 valence electrons. The zero-order chi connectivity index (χ0) is 18.2. The Hall–Kier alpha value is -3.33. The molecule has 3 heteroatoms. The average molecular weight is 344 g/mol. The van der Waals surface area contributed by atoms with Gasteiger partial charge in [-0.25, -0.2) is 0 Å². The highest BCUT2D eigenvalue weighted by molar-refractivity contribution is 5.77. The van der Waals surface area contributed by atoms with Gasteiger partial charge >= 0.3 is 0 Å². The van der Waals surface area contributed by atoms with E-state index >= 15 is 0 Å². The molecule has 0 aliphatic heterocycles. The van der Waals surface area contributed by atoms with Crippen molar-refractivity contribution in [1.82, 2.24) is 0 Å². The molecule has 26 heavy (non-hydrogen) atoms. The van der Waals surface area contributed by atoms with E-state index in [1.165, 1.54) is 6.08 Å². The summed E-state index contributed by atoms with van der Waals surface area (Å²) in [5.41, 5.74) is 4.05. The molecule has 0 unspecified atom stereocenters. The van der Waals surface area contributed by atoms with E-state index in [1.807, 2.05) is 72.8 Å². The fourth-order valence-electron chi connectivity index (χ4n) is 2.68. The molecule has 3 aromatic rings. The van der Waals surface area contributed by atoms with Crippen molar-refractivity contribution in [3.8, 4) is 22.6 Å². The van der Waals surface area contributed by atoms with Crippen molar-refractivity contribution >= 4 is 12.4 Å². The molecule has 3 rings (SSSR count). The fraction of sp³-hybridized carbons (Fsp3) is 0.0870. The lowest BCUT2D eigenvalue weighted by molar-refractivity contribution is -0.104. The Bertz CT molecular complexity index is 898. The quantitative estimate of drug-likeness (QED) is 0.439. The minimum absolute atomic E-state index is 0.478. The van der Waals surface area contributed by atoms with Gasteiger partial charge < -0.3 is 9.47 Å². The topological polar surface area (TPSA) is 35.5 Å². The zero-order valence-electron chi connectivity index (χ0n) is 14.6. The third-order valence-electron chi connectivity index (χ3n) is 3.99. The molecule has 0 N–H and O–H groups in total. The molecule has 3 aromatic carbocycles. The van der Waals surface area contributed by atoms with Gasteiger partial charge in [-0.3, -0.25) is 4.79 Å². The largest absolute Gasteiger partial charge is 0.497 e. The Morgan fingerprint density at radius 2 is 1.77 bits per heavy atom. The van der Waals surface area contributed by atoms with Crippen molar-refractivity contribution in [3.63, 3.8) is 0 Å². The van der Waals surface area contributed by atoms with Gasteiger partial charge in [-0.2, -0.15) is 0 Å². The molecule has 0 fully saturated rings. The number of aldehydes is 1. The van der Waals surface area contributed by atoms with Crippen molar-refractivity contribution in [2.75, 3.05) is 7.11 Å². The Morgan fingerprint density at radius 1 is 0.923 bits per heavy atom. The maximum atomic E-state index is 10.6. The third-order valence-corrected chi connectivity index (χ3v) is 3.99. The van der Waals surface area contributed by atoms with Crippen LogP contribution in [0.4, 0.5) is 0 Å². The number of benzene rings is 3. The molecule has 3 nitrogen and oxygen atoms in total. The van der Waals surface area contributed by atoms with Gasteiger partial charge in [-0.05, 0) is 41.0 Å². The number of hydrogen-bond acceptors (Lipinski definition) is 3. The van der Waals surface area contributed by atoms with Crippen LogP contribution in [-0.2, 0) is 11.4 Å². The van der Waals surface area contributed by atoms with Crippen LogP contribution in [0.2, 0.25) is 0 Å². The Morgan fingerprint density at radius 3 is 2.54 bits per heavy atom. The summed E-state index contributed by atoms with van der Waals surface area (Å²) in [6, 6.07) is 23.8. The second kappa shape index (κ2) is 8.67. The van der Waals surface area contributed by atoms with Gasteiger partial charge in [0, 0.05) is 11.6 Å². The molecule has 0 aliphatic rings. The summed E-state index contributed by atoms with van der Waals surface area (Å²) in [6.07, 6.45) is 4.04. The minimum Gasteiger partial charge on any atom is -0.497 e. The van der Waals surface area contributed by atoms with Gasteiger partial charge in [-0.15, -0.1) is 0 Å². The lowest BCUT2D eigenvalue weighted by atomic mass is 10.0. The van der Waals surface area contributed by atoms with E-state index in [1.54, 1.807) is 13.2 Å². The fourth-order valence-corrected chi connectivity index (χ4v) is 2.68. The molecular weight excluding hydrogens is 324 g/mol. The van der Waals surface area contributed by atoms with Crippen LogP contribution in [0.1, 0.15) is 11.1 Å². The maximum Gasteiger partial charge on any atom is 0.142 e. The van der Waals surface area contributed by atoms with Gasteiger partial charge in [-0.1, -0.05) is 54.6 Å². The number of carbonyl (C=O) groups is 1. The van der Waals surface area contributed by atoms with Gasteiger partial charge in [0.25, 0.3) is 0 Å². The first-order valence-electron chi connectivity index (χ1n) is 8.37. The Labute approximate surface area is 153 Å². The van der Waals surface area contributed by atoms with E-state index in [4.69, 9.17) is 9.47 Å². The SMILES string of the molecule is COc1ccc(-c2cccc(C=CC=O)c2)c(OCc2ccccc2)c1. The summed E-state index contributed by atoms with van der Waals surface area (Å²) in [4.78, 5) is 10.6. The Balaban J connectivity index is 1.93. The first-order chi connectivity index (χ1) is 12.8. The van der Waals surface area contributed by atoms with Crippen LogP contribution in [-0.4, -0.2) is 13.4 Å². The maximum absolute atomic E-state index is 10.6. The number of allylic oxidation sites excluding steroid dienone is 1. The normalized spacial score (nSPS) is 10.7. The standard InChI is InChI=1S/C23H20O3/c1-25-21-12-13-22(20-11-5-9-18(15-20)10-6-14-24)23(16-21)26-17-19-7-3-2-4-8-19/h2-16H,17H2,1H3. The lowest BCUT2D eigenvalue weighted by Gasteiger charge is -2.14. The van der Waals surface area contributed by atoms with Crippen LogP contribution >= 0.6 is 0 Å². The molecular formula is C23H20O3. The van der Waals surface area contributed by atoms with Crippen molar-refractivity contribution in [1.29, 1.82) is 0 Å². The summed E-state index contributed by atoms with van der Waals surface area (Å²) < 4.78 is 11.4.